The minimum atomic E-state index is 0.185. The van der Waals surface area contributed by atoms with E-state index in [4.69, 9.17) is 21.1 Å². The minimum Gasteiger partial charge on any atom is -0.355 e. The maximum atomic E-state index is 6.04. The van der Waals surface area contributed by atoms with Gasteiger partial charge in [-0.1, -0.05) is 53.7 Å². The molecule has 1 saturated heterocycles. The highest BCUT2D eigenvalue weighted by Gasteiger charge is 2.19. The number of thioether (sulfide) groups is 1. The van der Waals surface area contributed by atoms with E-state index in [-0.39, 0.29) is 6.10 Å². The van der Waals surface area contributed by atoms with E-state index in [2.05, 4.69) is 26.9 Å². The van der Waals surface area contributed by atoms with Gasteiger partial charge >= 0.3 is 0 Å². The molecule has 4 rings (SSSR count). The Morgan fingerprint density at radius 3 is 2.63 bits per heavy atom. The van der Waals surface area contributed by atoms with Crippen LogP contribution in [0.5, 0.6) is 0 Å². The van der Waals surface area contributed by atoms with Crippen molar-refractivity contribution in [2.45, 2.75) is 24.2 Å². The van der Waals surface area contributed by atoms with Crippen molar-refractivity contribution in [2.75, 3.05) is 19.2 Å². The van der Waals surface area contributed by atoms with E-state index in [0.29, 0.717) is 18.4 Å². The van der Waals surface area contributed by atoms with Gasteiger partial charge in [0.2, 0.25) is 0 Å². The summed E-state index contributed by atoms with van der Waals surface area (Å²) in [6.07, 6.45) is 1.09. The summed E-state index contributed by atoms with van der Waals surface area (Å²) >= 11 is 7.71. The maximum Gasteiger partial charge on any atom is 0.191 e. The van der Waals surface area contributed by atoms with Gasteiger partial charge in [-0.05, 0) is 36.2 Å². The van der Waals surface area contributed by atoms with Crippen molar-refractivity contribution in [3.05, 3.63) is 65.2 Å². The quantitative estimate of drug-likeness (QED) is 0.569. The molecule has 1 aliphatic heterocycles. The second-order valence-corrected chi connectivity index (χ2v) is 7.72. The van der Waals surface area contributed by atoms with Crippen LogP contribution in [0.1, 0.15) is 12.0 Å². The van der Waals surface area contributed by atoms with E-state index < -0.39 is 0 Å². The summed E-state index contributed by atoms with van der Waals surface area (Å²) in [5.74, 6) is 1.67. The molecule has 0 aliphatic carbocycles. The summed E-state index contributed by atoms with van der Waals surface area (Å²) in [5, 5.41) is 10.5. The van der Waals surface area contributed by atoms with Gasteiger partial charge in [0.1, 0.15) is 6.79 Å². The van der Waals surface area contributed by atoms with Gasteiger partial charge in [-0.2, -0.15) is 0 Å². The summed E-state index contributed by atoms with van der Waals surface area (Å²) in [6, 6.07) is 18.0. The van der Waals surface area contributed by atoms with Crippen molar-refractivity contribution in [1.29, 1.82) is 0 Å². The van der Waals surface area contributed by atoms with Crippen molar-refractivity contribution >= 4 is 23.4 Å². The molecule has 0 unspecified atom stereocenters. The van der Waals surface area contributed by atoms with E-state index >= 15 is 0 Å². The lowest BCUT2D eigenvalue weighted by atomic mass is 10.2. The molecule has 0 amide bonds. The van der Waals surface area contributed by atoms with E-state index in [1.807, 2.05) is 42.5 Å². The number of rotatable bonds is 6. The van der Waals surface area contributed by atoms with Gasteiger partial charge in [0.05, 0.1) is 19.3 Å². The minimum absolute atomic E-state index is 0.185. The van der Waals surface area contributed by atoms with Gasteiger partial charge in [0.25, 0.3) is 0 Å². The number of halogens is 1. The summed E-state index contributed by atoms with van der Waals surface area (Å²) in [5.41, 5.74) is 2.20. The Hall–Kier alpha value is -1.86. The Morgan fingerprint density at radius 1 is 1.07 bits per heavy atom. The van der Waals surface area contributed by atoms with Crippen molar-refractivity contribution in [3.8, 4) is 11.4 Å². The fourth-order valence-electron chi connectivity index (χ4n) is 2.92. The molecule has 0 bridgehead atoms. The Labute approximate surface area is 167 Å². The van der Waals surface area contributed by atoms with Crippen LogP contribution in [-0.4, -0.2) is 40.0 Å². The second kappa shape index (κ2) is 8.89. The zero-order chi connectivity index (χ0) is 18.5. The largest absolute Gasteiger partial charge is 0.355 e. The van der Waals surface area contributed by atoms with Gasteiger partial charge in [-0.25, -0.2) is 0 Å². The van der Waals surface area contributed by atoms with E-state index in [1.54, 1.807) is 11.8 Å². The van der Waals surface area contributed by atoms with Gasteiger partial charge in [-0.15, -0.1) is 10.2 Å². The van der Waals surface area contributed by atoms with Crippen molar-refractivity contribution in [3.63, 3.8) is 0 Å². The second-order valence-electron chi connectivity index (χ2n) is 6.30. The van der Waals surface area contributed by atoms with Crippen LogP contribution in [0.3, 0.4) is 0 Å². The van der Waals surface area contributed by atoms with Gasteiger partial charge in [-0.3, -0.25) is 4.57 Å². The number of hydrogen-bond donors (Lipinski definition) is 0. The zero-order valence-electron chi connectivity index (χ0n) is 14.8. The molecule has 3 aromatic rings. The Bertz CT molecular complexity index is 865. The standard InChI is InChI=1S/C20H20ClN3O2S/c21-17-8-6-16(7-9-17)19-22-23-20(27-13-18-10-11-25-14-26-18)24(19)12-15-4-2-1-3-5-15/h1-9,18H,10-14H2/t18-/m1/s1. The number of aromatic nitrogens is 3. The molecule has 1 aromatic heterocycles. The predicted octanol–water partition coefficient (Wildman–Crippen LogP) is 4.50. The van der Waals surface area contributed by atoms with Crippen LogP contribution in [0.25, 0.3) is 11.4 Å². The fraction of sp³-hybridized carbons (Fsp3) is 0.300. The molecule has 1 fully saturated rings. The molecular weight excluding hydrogens is 382 g/mol. The zero-order valence-corrected chi connectivity index (χ0v) is 16.3. The highest BCUT2D eigenvalue weighted by Crippen LogP contribution is 2.27. The molecule has 0 radical (unpaired) electrons. The topological polar surface area (TPSA) is 49.2 Å². The molecule has 0 saturated carbocycles. The summed E-state index contributed by atoms with van der Waals surface area (Å²) < 4.78 is 13.1. The summed E-state index contributed by atoms with van der Waals surface area (Å²) in [7, 11) is 0. The summed E-state index contributed by atoms with van der Waals surface area (Å²) in [6.45, 7) is 1.83. The summed E-state index contributed by atoms with van der Waals surface area (Å²) in [4.78, 5) is 0. The Kier molecular flexibility index (Phi) is 6.09. The Balaban J connectivity index is 1.60. The third-order valence-corrected chi connectivity index (χ3v) is 5.72. The molecule has 1 aliphatic rings. The van der Waals surface area contributed by atoms with Crippen LogP contribution in [0.4, 0.5) is 0 Å². The molecule has 1 atom stereocenters. The Morgan fingerprint density at radius 2 is 1.89 bits per heavy atom. The molecule has 27 heavy (non-hydrogen) atoms. The molecule has 140 valence electrons. The molecule has 2 aromatic carbocycles. The first-order valence-corrected chi connectivity index (χ1v) is 10.2. The molecule has 2 heterocycles. The number of benzene rings is 2. The lowest BCUT2D eigenvalue weighted by molar-refractivity contribution is -0.130. The lowest BCUT2D eigenvalue weighted by Gasteiger charge is -2.22. The number of nitrogens with zero attached hydrogens (tertiary/aromatic N) is 3. The molecule has 0 N–H and O–H groups in total. The first kappa shape index (κ1) is 18.5. The normalized spacial score (nSPS) is 17.1. The van der Waals surface area contributed by atoms with Crippen LogP contribution in [0.2, 0.25) is 5.02 Å². The van der Waals surface area contributed by atoms with Crippen molar-refractivity contribution in [1.82, 2.24) is 14.8 Å². The molecular formula is C20H20ClN3O2S. The van der Waals surface area contributed by atoms with Crippen LogP contribution in [-0.2, 0) is 16.0 Å². The van der Waals surface area contributed by atoms with Gasteiger partial charge < -0.3 is 9.47 Å². The monoisotopic (exact) mass is 401 g/mol. The smallest absolute Gasteiger partial charge is 0.191 e. The van der Waals surface area contributed by atoms with Crippen LogP contribution in [0, 0.1) is 0 Å². The lowest BCUT2D eigenvalue weighted by Crippen LogP contribution is -2.25. The molecule has 5 nitrogen and oxygen atoms in total. The number of hydrogen-bond acceptors (Lipinski definition) is 5. The van der Waals surface area contributed by atoms with E-state index in [1.165, 1.54) is 5.56 Å². The molecule has 7 heteroatoms. The van der Waals surface area contributed by atoms with Crippen LogP contribution >= 0.6 is 23.4 Å². The fourth-order valence-corrected chi connectivity index (χ4v) is 4.05. The van der Waals surface area contributed by atoms with Crippen LogP contribution in [0.15, 0.2) is 59.8 Å². The maximum absolute atomic E-state index is 6.04. The predicted molar refractivity (Wildman–Crippen MR) is 107 cm³/mol. The van der Waals surface area contributed by atoms with E-state index in [9.17, 15) is 0 Å². The average Bonchev–Trinajstić information content (AvgIpc) is 3.11. The van der Waals surface area contributed by atoms with Gasteiger partial charge in [0.15, 0.2) is 11.0 Å². The highest BCUT2D eigenvalue weighted by molar-refractivity contribution is 7.99. The SMILES string of the molecule is Clc1ccc(-c2nnc(SC[C@H]3CCOCO3)n2Cc2ccccc2)cc1. The first-order valence-electron chi connectivity index (χ1n) is 8.85. The molecule has 0 spiro atoms. The third-order valence-electron chi connectivity index (χ3n) is 4.37. The number of ether oxygens (including phenoxy) is 2. The van der Waals surface area contributed by atoms with Crippen LogP contribution < -0.4 is 0 Å². The van der Waals surface area contributed by atoms with Crippen molar-refractivity contribution in [2.24, 2.45) is 0 Å². The average molecular weight is 402 g/mol. The van der Waals surface area contributed by atoms with Gasteiger partial charge in [0, 0.05) is 16.3 Å². The highest BCUT2D eigenvalue weighted by atomic mass is 35.5. The van der Waals surface area contributed by atoms with E-state index in [0.717, 1.165) is 35.3 Å². The third kappa shape index (κ3) is 4.71. The first-order chi connectivity index (χ1) is 13.3. The van der Waals surface area contributed by atoms with Crippen molar-refractivity contribution < 1.29 is 9.47 Å².